The lowest BCUT2D eigenvalue weighted by molar-refractivity contribution is -0.298. The summed E-state index contributed by atoms with van der Waals surface area (Å²) in [5.74, 6) is -0.257. The summed E-state index contributed by atoms with van der Waals surface area (Å²) in [6, 6.07) is -0.939. The molecule has 0 aromatic rings. The molecule has 0 spiro atoms. The zero-order chi connectivity index (χ0) is 48.4. The monoisotopic (exact) mass is 962 g/mol. The Morgan fingerprint density at radius 2 is 0.955 bits per heavy atom. The lowest BCUT2D eigenvalue weighted by atomic mass is 9.99. The third-order valence-electron chi connectivity index (χ3n) is 13.3. The van der Waals surface area contributed by atoms with E-state index in [2.05, 4.69) is 23.3 Å². The van der Waals surface area contributed by atoms with Gasteiger partial charge in [-0.15, -0.1) is 0 Å². The molecule has 1 amide bonds. The molecule has 1 aliphatic heterocycles. The highest BCUT2D eigenvalue weighted by Gasteiger charge is 2.48. The van der Waals surface area contributed by atoms with Crippen LogP contribution in [0.15, 0.2) is 12.2 Å². The topological polar surface area (TPSA) is 192 Å². The maximum absolute atomic E-state index is 13.1. The smallest absolute Gasteiger partial charge is 0.394 e. The largest absolute Gasteiger partial charge is 0.397 e. The first-order chi connectivity index (χ1) is 32.0. The molecule has 66 heavy (non-hydrogen) atoms. The van der Waals surface area contributed by atoms with Crippen LogP contribution in [0, 0.1) is 0 Å². The molecule has 0 bridgehead atoms. The van der Waals surface area contributed by atoms with E-state index in [1.807, 2.05) is 6.08 Å². The molecule has 7 unspecified atom stereocenters. The van der Waals surface area contributed by atoms with E-state index in [0.29, 0.717) is 6.42 Å². The van der Waals surface area contributed by atoms with Crippen molar-refractivity contribution in [2.45, 2.75) is 307 Å². The second-order valence-electron chi connectivity index (χ2n) is 19.5. The summed E-state index contributed by atoms with van der Waals surface area (Å²) in [6.07, 6.45) is 42.6. The highest BCUT2D eigenvalue weighted by molar-refractivity contribution is 7.80. The van der Waals surface area contributed by atoms with Crippen LogP contribution < -0.4 is 5.32 Å². The van der Waals surface area contributed by atoms with E-state index < -0.39 is 59.9 Å². The SMILES string of the molecule is CCCCCCCCCCCCCC/C=C/C(O)C(COC1OC(CO)C(O)C(OS(=O)(=O)O)C1O)NC(=O)CCCCCCCCCCCCCCCCCCCCCCCCCCC. The van der Waals surface area contributed by atoms with Gasteiger partial charge in [-0.05, 0) is 19.3 Å². The second-order valence-corrected chi connectivity index (χ2v) is 20.6. The van der Waals surface area contributed by atoms with Gasteiger partial charge in [0.05, 0.1) is 25.4 Å². The highest BCUT2D eigenvalue weighted by atomic mass is 32.3. The fraction of sp³-hybridized carbons (Fsp3) is 0.943. The Morgan fingerprint density at radius 1 is 0.591 bits per heavy atom. The molecule has 0 saturated carbocycles. The van der Waals surface area contributed by atoms with Crippen molar-refractivity contribution in [3.05, 3.63) is 12.2 Å². The molecule has 13 heteroatoms. The summed E-state index contributed by atoms with van der Waals surface area (Å²) in [5.41, 5.74) is 0. The molecule has 6 N–H and O–H groups in total. The zero-order valence-corrected chi connectivity index (χ0v) is 43.1. The quantitative estimate of drug-likeness (QED) is 0.0193. The van der Waals surface area contributed by atoms with Crippen molar-refractivity contribution in [2.75, 3.05) is 13.2 Å². The molecular weight excluding hydrogens is 859 g/mol. The van der Waals surface area contributed by atoms with Crippen LogP contribution in [0.3, 0.4) is 0 Å². The molecule has 1 saturated heterocycles. The zero-order valence-electron chi connectivity index (χ0n) is 42.3. The Morgan fingerprint density at radius 3 is 1.32 bits per heavy atom. The molecule has 0 aromatic heterocycles. The van der Waals surface area contributed by atoms with Crippen molar-refractivity contribution in [3.8, 4) is 0 Å². The minimum absolute atomic E-state index is 0.257. The number of aliphatic hydroxyl groups excluding tert-OH is 4. The van der Waals surface area contributed by atoms with Crippen LogP contribution in [0.25, 0.3) is 0 Å². The Labute approximate surface area is 404 Å². The van der Waals surface area contributed by atoms with Crippen molar-refractivity contribution in [2.24, 2.45) is 0 Å². The standard InChI is InChI=1S/C53H103NO11S/c1-3-5-7-9-11-13-15-17-19-20-21-22-23-24-25-26-27-28-29-31-33-35-37-39-41-43-49(57)54-46(45-63-53-51(59)52(65-66(60,61)62)50(58)48(44-55)64-53)47(56)42-40-38-36-34-32-30-18-16-14-12-10-8-6-4-2/h40,42,46-48,50-53,55-56,58-59H,3-39,41,43-45H2,1-2H3,(H,54,57)(H,60,61,62)/b42-40+. The van der Waals surface area contributed by atoms with Crippen molar-refractivity contribution in [1.82, 2.24) is 5.32 Å². The molecule has 1 heterocycles. The molecular formula is C53H103NO11S. The van der Waals surface area contributed by atoms with Gasteiger partial charge in [-0.25, -0.2) is 4.18 Å². The lowest BCUT2D eigenvalue weighted by Gasteiger charge is -2.41. The molecule has 12 nitrogen and oxygen atoms in total. The van der Waals surface area contributed by atoms with Gasteiger partial charge in [-0.3, -0.25) is 9.35 Å². The number of hydrogen-bond donors (Lipinski definition) is 6. The number of ether oxygens (including phenoxy) is 2. The van der Waals surface area contributed by atoms with Crippen LogP contribution in [-0.2, 0) is 28.9 Å². The maximum atomic E-state index is 13.1. The number of rotatable bonds is 48. The van der Waals surface area contributed by atoms with Gasteiger partial charge in [0.1, 0.15) is 24.4 Å². The average molecular weight is 962 g/mol. The second kappa shape index (κ2) is 43.8. The molecule has 0 aliphatic carbocycles. The Balaban J connectivity index is 2.34. The van der Waals surface area contributed by atoms with Crippen LogP contribution in [0.5, 0.6) is 0 Å². The van der Waals surface area contributed by atoms with Crippen molar-refractivity contribution in [1.29, 1.82) is 0 Å². The summed E-state index contributed by atoms with van der Waals surface area (Å²) in [6.45, 7) is 3.42. The Kier molecular flexibility index (Phi) is 41.7. The van der Waals surface area contributed by atoms with E-state index in [1.165, 1.54) is 199 Å². The molecule has 1 fully saturated rings. The Bertz CT molecular complexity index is 1220. The molecule has 1 aliphatic rings. The van der Waals surface area contributed by atoms with Crippen LogP contribution in [0.4, 0.5) is 0 Å². The fourth-order valence-corrected chi connectivity index (χ4v) is 9.55. The molecule has 7 atom stereocenters. The first-order valence-corrected chi connectivity index (χ1v) is 28.9. The minimum Gasteiger partial charge on any atom is -0.394 e. The van der Waals surface area contributed by atoms with Crippen LogP contribution in [0.2, 0.25) is 0 Å². The van der Waals surface area contributed by atoms with Crippen molar-refractivity contribution in [3.63, 3.8) is 0 Å². The predicted octanol–water partition coefficient (Wildman–Crippen LogP) is 12.3. The number of allylic oxidation sites excluding steroid dienone is 1. The first kappa shape index (κ1) is 62.9. The lowest BCUT2D eigenvalue weighted by Crippen LogP contribution is -2.61. The van der Waals surface area contributed by atoms with Gasteiger partial charge in [0, 0.05) is 6.42 Å². The third kappa shape index (κ3) is 35.9. The molecule has 392 valence electrons. The third-order valence-corrected chi connectivity index (χ3v) is 13.8. The number of nitrogens with one attached hydrogen (secondary N) is 1. The van der Waals surface area contributed by atoms with Crippen LogP contribution in [-0.4, -0.2) is 95.4 Å². The summed E-state index contributed by atoms with van der Waals surface area (Å²) in [7, 11) is -5.08. The molecule has 1 rings (SSSR count). The first-order valence-electron chi connectivity index (χ1n) is 27.6. The number of unbranched alkanes of at least 4 members (excludes halogenated alkanes) is 36. The normalized spacial score (nSPS) is 20.0. The minimum atomic E-state index is -5.08. The van der Waals surface area contributed by atoms with Gasteiger partial charge in [-0.2, -0.15) is 8.42 Å². The van der Waals surface area contributed by atoms with Gasteiger partial charge < -0.3 is 35.2 Å². The van der Waals surface area contributed by atoms with Crippen molar-refractivity contribution < 1.29 is 51.8 Å². The number of carbonyl (C=O) groups excluding carboxylic acids is 1. The van der Waals surface area contributed by atoms with Gasteiger partial charge in [0.2, 0.25) is 5.91 Å². The van der Waals surface area contributed by atoms with Crippen molar-refractivity contribution >= 4 is 16.3 Å². The summed E-state index contributed by atoms with van der Waals surface area (Å²) >= 11 is 0. The number of aliphatic hydroxyl groups is 4. The van der Waals surface area contributed by atoms with E-state index >= 15 is 0 Å². The molecule has 0 aromatic carbocycles. The van der Waals surface area contributed by atoms with E-state index in [9.17, 15) is 38.2 Å². The van der Waals surface area contributed by atoms with Gasteiger partial charge >= 0.3 is 10.4 Å². The van der Waals surface area contributed by atoms with E-state index in [0.717, 1.165) is 38.5 Å². The van der Waals surface area contributed by atoms with Gasteiger partial charge in [0.15, 0.2) is 6.29 Å². The van der Waals surface area contributed by atoms with Crippen LogP contribution >= 0.6 is 0 Å². The van der Waals surface area contributed by atoms with E-state index in [4.69, 9.17) is 9.47 Å². The summed E-state index contributed by atoms with van der Waals surface area (Å²) in [5, 5.41) is 44.8. The van der Waals surface area contributed by atoms with Gasteiger partial charge in [0.25, 0.3) is 0 Å². The van der Waals surface area contributed by atoms with Gasteiger partial charge in [-0.1, -0.05) is 251 Å². The Hall–Kier alpha value is -1.16. The fourth-order valence-electron chi connectivity index (χ4n) is 9.05. The summed E-state index contributed by atoms with van der Waals surface area (Å²) < 4.78 is 47.7. The van der Waals surface area contributed by atoms with Crippen LogP contribution in [0.1, 0.15) is 264 Å². The number of carbonyl (C=O) groups is 1. The van der Waals surface area contributed by atoms with E-state index in [-0.39, 0.29) is 18.9 Å². The van der Waals surface area contributed by atoms with E-state index in [1.54, 1.807) is 6.08 Å². The maximum Gasteiger partial charge on any atom is 0.397 e. The number of hydrogen-bond acceptors (Lipinski definition) is 10. The number of amides is 1. The highest BCUT2D eigenvalue weighted by Crippen LogP contribution is 2.26. The summed E-state index contributed by atoms with van der Waals surface area (Å²) in [4.78, 5) is 13.1. The predicted molar refractivity (Wildman–Crippen MR) is 269 cm³/mol. The average Bonchev–Trinajstić information content (AvgIpc) is 3.29. The molecule has 0 radical (unpaired) electrons.